The molecule has 0 radical (unpaired) electrons. The van der Waals surface area contributed by atoms with Crippen molar-refractivity contribution in [2.75, 3.05) is 0 Å². The number of benzene rings is 1. The van der Waals surface area contributed by atoms with Gasteiger partial charge in [0.25, 0.3) is 0 Å². The molecule has 0 bridgehead atoms. The van der Waals surface area contributed by atoms with Crippen LogP contribution in [0.1, 0.15) is 5.56 Å². The molecule has 3 nitrogen and oxygen atoms in total. The van der Waals surface area contributed by atoms with Crippen molar-refractivity contribution in [1.82, 2.24) is 0 Å². The molecule has 0 unspecified atom stereocenters. The van der Waals surface area contributed by atoms with E-state index in [-0.39, 0.29) is 12.4 Å². The van der Waals surface area contributed by atoms with Gasteiger partial charge in [-0.05, 0) is 35.9 Å². The third-order valence-electron chi connectivity index (χ3n) is 1.97. The van der Waals surface area contributed by atoms with Crippen LogP contribution in [0.3, 0.4) is 0 Å². The molecule has 2 aromatic rings. The highest BCUT2D eigenvalue weighted by atomic mass is 16.3. The van der Waals surface area contributed by atoms with Gasteiger partial charge in [-0.15, -0.1) is 0 Å². The molecule has 0 fully saturated rings. The lowest BCUT2D eigenvalue weighted by Crippen LogP contribution is -1.84. The molecule has 0 amide bonds. The molecule has 2 rings (SSSR count). The Hall–Kier alpha value is -1.74. The second-order valence-electron chi connectivity index (χ2n) is 3.02. The van der Waals surface area contributed by atoms with Gasteiger partial charge in [0.2, 0.25) is 0 Å². The van der Waals surface area contributed by atoms with Crippen LogP contribution in [-0.2, 0) is 6.61 Å². The van der Waals surface area contributed by atoms with E-state index in [0.717, 1.165) is 5.56 Å². The molecule has 72 valence electrons. The zero-order chi connectivity index (χ0) is 9.97. The summed E-state index contributed by atoms with van der Waals surface area (Å²) in [5.41, 5.74) is 1.43. The lowest BCUT2D eigenvalue weighted by atomic mass is 10.1. The van der Waals surface area contributed by atoms with Gasteiger partial charge in [0.1, 0.15) is 11.5 Å². The summed E-state index contributed by atoms with van der Waals surface area (Å²) >= 11 is 0. The quantitative estimate of drug-likeness (QED) is 0.762. The van der Waals surface area contributed by atoms with Crippen molar-refractivity contribution in [2.24, 2.45) is 0 Å². The summed E-state index contributed by atoms with van der Waals surface area (Å²) in [4.78, 5) is 0. The van der Waals surface area contributed by atoms with Crippen LogP contribution in [-0.4, -0.2) is 10.2 Å². The lowest BCUT2D eigenvalue weighted by Gasteiger charge is -2.02. The minimum Gasteiger partial charge on any atom is -0.508 e. The monoisotopic (exact) mass is 190 g/mol. The van der Waals surface area contributed by atoms with Crippen LogP contribution in [0.25, 0.3) is 11.3 Å². The number of aliphatic hydroxyl groups is 1. The molecule has 0 saturated heterocycles. The summed E-state index contributed by atoms with van der Waals surface area (Å²) in [7, 11) is 0. The molecule has 1 aromatic carbocycles. The Bertz CT molecular complexity index is 418. The first-order valence-corrected chi connectivity index (χ1v) is 4.27. The minimum atomic E-state index is -0.0951. The van der Waals surface area contributed by atoms with Gasteiger partial charge in [-0.3, -0.25) is 0 Å². The predicted octanol–water partition coefficient (Wildman–Crippen LogP) is 2.14. The number of rotatable bonds is 2. The largest absolute Gasteiger partial charge is 0.508 e. The normalized spacial score (nSPS) is 10.4. The van der Waals surface area contributed by atoms with Crippen LogP contribution < -0.4 is 0 Å². The first-order chi connectivity index (χ1) is 6.79. The molecule has 1 heterocycles. The molecule has 0 aliphatic heterocycles. The molecule has 0 saturated carbocycles. The second kappa shape index (κ2) is 3.55. The van der Waals surface area contributed by atoms with Crippen molar-refractivity contribution < 1.29 is 14.6 Å². The Morgan fingerprint density at radius 3 is 2.71 bits per heavy atom. The molecule has 14 heavy (non-hydrogen) atoms. The van der Waals surface area contributed by atoms with Crippen LogP contribution in [0.5, 0.6) is 5.75 Å². The standard InChI is InChI=1S/C11H10O3/c12-7-8-4-9(6-10(13)5-8)11-2-1-3-14-11/h1-6,12-13H,7H2. The SMILES string of the molecule is OCc1cc(O)cc(-c2ccco2)c1. The molecular weight excluding hydrogens is 180 g/mol. The van der Waals surface area contributed by atoms with Gasteiger partial charge >= 0.3 is 0 Å². The van der Waals surface area contributed by atoms with E-state index in [2.05, 4.69) is 0 Å². The minimum absolute atomic E-state index is 0.0951. The molecule has 2 N–H and O–H groups in total. The Kier molecular flexibility index (Phi) is 2.24. The van der Waals surface area contributed by atoms with E-state index in [1.165, 1.54) is 6.07 Å². The van der Waals surface area contributed by atoms with Crippen molar-refractivity contribution in [2.45, 2.75) is 6.61 Å². The molecule has 0 atom stereocenters. The Balaban J connectivity index is 2.48. The van der Waals surface area contributed by atoms with E-state index in [0.29, 0.717) is 11.3 Å². The second-order valence-corrected chi connectivity index (χ2v) is 3.02. The fraction of sp³-hybridized carbons (Fsp3) is 0.0909. The van der Waals surface area contributed by atoms with Crippen LogP contribution in [0, 0.1) is 0 Å². The molecule has 0 aliphatic carbocycles. The van der Waals surface area contributed by atoms with E-state index >= 15 is 0 Å². The fourth-order valence-electron chi connectivity index (χ4n) is 1.35. The maximum Gasteiger partial charge on any atom is 0.133 e. The predicted molar refractivity (Wildman–Crippen MR) is 51.7 cm³/mol. The average molecular weight is 190 g/mol. The van der Waals surface area contributed by atoms with Gasteiger partial charge in [-0.2, -0.15) is 0 Å². The van der Waals surface area contributed by atoms with Gasteiger partial charge in [0.15, 0.2) is 0 Å². The number of phenols is 1. The Morgan fingerprint density at radius 1 is 1.21 bits per heavy atom. The lowest BCUT2D eigenvalue weighted by molar-refractivity contribution is 0.281. The van der Waals surface area contributed by atoms with E-state index in [9.17, 15) is 5.11 Å². The highest BCUT2D eigenvalue weighted by molar-refractivity contribution is 5.60. The number of aromatic hydroxyl groups is 1. The summed E-state index contributed by atoms with van der Waals surface area (Å²) in [6.45, 7) is -0.0951. The van der Waals surface area contributed by atoms with Gasteiger partial charge in [0, 0.05) is 5.56 Å². The van der Waals surface area contributed by atoms with Crippen LogP contribution in [0.2, 0.25) is 0 Å². The third kappa shape index (κ3) is 1.63. The van der Waals surface area contributed by atoms with Crippen LogP contribution in [0.4, 0.5) is 0 Å². The summed E-state index contributed by atoms with van der Waals surface area (Å²) in [5.74, 6) is 0.804. The van der Waals surface area contributed by atoms with E-state index in [1.807, 2.05) is 0 Å². The van der Waals surface area contributed by atoms with E-state index < -0.39 is 0 Å². The van der Waals surface area contributed by atoms with E-state index in [4.69, 9.17) is 9.52 Å². The molecule has 0 aliphatic rings. The number of aliphatic hydroxyl groups excluding tert-OH is 1. The van der Waals surface area contributed by atoms with E-state index in [1.54, 1.807) is 30.5 Å². The fourth-order valence-corrected chi connectivity index (χ4v) is 1.35. The summed E-state index contributed by atoms with van der Waals surface area (Å²) in [6.07, 6.45) is 1.57. The average Bonchev–Trinajstić information content (AvgIpc) is 2.69. The number of hydrogen-bond donors (Lipinski definition) is 2. The van der Waals surface area contributed by atoms with Gasteiger partial charge in [0.05, 0.1) is 12.9 Å². The number of phenolic OH excluding ortho intramolecular Hbond substituents is 1. The van der Waals surface area contributed by atoms with Gasteiger partial charge in [-0.1, -0.05) is 0 Å². The topological polar surface area (TPSA) is 53.6 Å². The maximum absolute atomic E-state index is 9.37. The van der Waals surface area contributed by atoms with Crippen molar-refractivity contribution in [3.63, 3.8) is 0 Å². The summed E-state index contributed by atoms with van der Waals surface area (Å²) in [6, 6.07) is 8.47. The van der Waals surface area contributed by atoms with Gasteiger partial charge < -0.3 is 14.6 Å². The Morgan fingerprint density at radius 2 is 2.07 bits per heavy atom. The number of furan rings is 1. The Labute approximate surface area is 81.2 Å². The molecular formula is C11H10O3. The molecule has 1 aromatic heterocycles. The van der Waals surface area contributed by atoms with Crippen molar-refractivity contribution >= 4 is 0 Å². The van der Waals surface area contributed by atoms with Crippen molar-refractivity contribution in [3.05, 3.63) is 42.2 Å². The summed E-state index contributed by atoms with van der Waals surface area (Å²) in [5, 5.41) is 18.3. The first kappa shape index (κ1) is 8.84. The zero-order valence-electron chi connectivity index (χ0n) is 7.47. The molecule has 0 spiro atoms. The van der Waals surface area contributed by atoms with Crippen molar-refractivity contribution in [1.29, 1.82) is 0 Å². The number of hydrogen-bond acceptors (Lipinski definition) is 3. The highest BCUT2D eigenvalue weighted by Gasteiger charge is 2.03. The van der Waals surface area contributed by atoms with Crippen molar-refractivity contribution in [3.8, 4) is 17.1 Å². The smallest absolute Gasteiger partial charge is 0.133 e. The third-order valence-corrected chi connectivity index (χ3v) is 1.97. The molecule has 3 heteroatoms. The first-order valence-electron chi connectivity index (χ1n) is 4.27. The van der Waals surface area contributed by atoms with Crippen LogP contribution >= 0.6 is 0 Å². The van der Waals surface area contributed by atoms with Gasteiger partial charge in [-0.25, -0.2) is 0 Å². The maximum atomic E-state index is 9.37. The summed E-state index contributed by atoms with van der Waals surface area (Å²) < 4.78 is 5.18. The zero-order valence-corrected chi connectivity index (χ0v) is 7.47. The highest BCUT2D eigenvalue weighted by Crippen LogP contribution is 2.25. The van der Waals surface area contributed by atoms with Crippen LogP contribution in [0.15, 0.2) is 41.0 Å².